The Hall–Kier alpha value is -2.86. The summed E-state index contributed by atoms with van der Waals surface area (Å²) in [4.78, 5) is 15.8. The van der Waals surface area contributed by atoms with Crippen LogP contribution in [0, 0.1) is 19.7 Å². The van der Waals surface area contributed by atoms with Crippen LogP contribution in [-0.4, -0.2) is 34.6 Å². The summed E-state index contributed by atoms with van der Waals surface area (Å²) in [5, 5.41) is 0. The molecule has 0 bridgehead atoms. The monoisotopic (exact) mass is 364 g/mol. The van der Waals surface area contributed by atoms with Crippen molar-refractivity contribution in [3.63, 3.8) is 0 Å². The summed E-state index contributed by atoms with van der Waals surface area (Å²) >= 11 is 0. The van der Waals surface area contributed by atoms with Gasteiger partial charge in [0.1, 0.15) is 23.6 Å². The van der Waals surface area contributed by atoms with Gasteiger partial charge in [-0.2, -0.15) is 0 Å². The summed E-state index contributed by atoms with van der Waals surface area (Å²) in [5.74, 6) is 1.41. The van der Waals surface area contributed by atoms with E-state index in [0.717, 1.165) is 40.8 Å². The Labute approximate surface area is 157 Å². The third-order valence-corrected chi connectivity index (χ3v) is 4.56. The maximum atomic E-state index is 13.5. The van der Waals surface area contributed by atoms with Crippen LogP contribution >= 0.6 is 0 Å². The van der Waals surface area contributed by atoms with Crippen molar-refractivity contribution in [1.82, 2.24) is 15.0 Å². The first-order valence-electron chi connectivity index (χ1n) is 9.00. The van der Waals surface area contributed by atoms with E-state index in [0.29, 0.717) is 13.2 Å². The lowest BCUT2D eigenvalue weighted by Gasteiger charge is -2.33. The van der Waals surface area contributed by atoms with Crippen molar-refractivity contribution in [3.05, 3.63) is 71.6 Å². The molecule has 0 radical (unpaired) electrons. The Balaban J connectivity index is 1.59. The normalized spacial score (nSPS) is 17.1. The molecule has 3 heterocycles. The average Bonchev–Trinajstić information content (AvgIpc) is 2.67. The van der Waals surface area contributed by atoms with E-state index in [1.165, 1.54) is 12.1 Å². The summed E-state index contributed by atoms with van der Waals surface area (Å²) in [7, 11) is 0. The first-order chi connectivity index (χ1) is 13.1. The number of nitrogens with zero attached hydrogens (tertiary/aromatic N) is 4. The lowest BCUT2D eigenvalue weighted by molar-refractivity contribution is 0.0368. The molecule has 1 aliphatic heterocycles. The molecule has 1 atom stereocenters. The SMILES string of the molecule is Cc1cc(N2CCOC(c3cccc(-c4cccc(F)c4)n3)C2)nc(C)n1. The zero-order valence-corrected chi connectivity index (χ0v) is 15.4. The maximum absolute atomic E-state index is 13.5. The molecule has 0 N–H and O–H groups in total. The molecule has 27 heavy (non-hydrogen) atoms. The van der Waals surface area contributed by atoms with Gasteiger partial charge in [0.2, 0.25) is 0 Å². The van der Waals surface area contributed by atoms with Gasteiger partial charge in [-0.25, -0.2) is 19.3 Å². The standard InChI is InChI=1S/C21H21FN4O/c1-14-11-21(24-15(2)23-14)26-9-10-27-20(13-26)19-8-4-7-18(25-19)16-5-3-6-17(22)12-16/h3-8,11-12,20H,9-10,13H2,1-2H3. The van der Waals surface area contributed by atoms with Crippen molar-refractivity contribution < 1.29 is 9.13 Å². The number of morpholine rings is 1. The number of rotatable bonds is 3. The van der Waals surface area contributed by atoms with Crippen molar-refractivity contribution in [2.75, 3.05) is 24.6 Å². The molecule has 138 valence electrons. The number of ether oxygens (including phenoxy) is 1. The molecule has 2 aromatic heterocycles. The Morgan fingerprint density at radius 1 is 1.04 bits per heavy atom. The fourth-order valence-electron chi connectivity index (χ4n) is 3.34. The van der Waals surface area contributed by atoms with Gasteiger partial charge in [-0.15, -0.1) is 0 Å². The van der Waals surface area contributed by atoms with Gasteiger partial charge in [0, 0.05) is 23.9 Å². The van der Waals surface area contributed by atoms with Crippen LogP contribution in [0.5, 0.6) is 0 Å². The second-order valence-electron chi connectivity index (χ2n) is 6.68. The maximum Gasteiger partial charge on any atom is 0.132 e. The molecular formula is C21H21FN4O. The van der Waals surface area contributed by atoms with Gasteiger partial charge in [0.25, 0.3) is 0 Å². The van der Waals surface area contributed by atoms with E-state index in [4.69, 9.17) is 9.72 Å². The molecule has 6 heteroatoms. The Morgan fingerprint density at radius 2 is 1.89 bits per heavy atom. The number of anilines is 1. The second kappa shape index (κ2) is 7.40. The van der Waals surface area contributed by atoms with Crippen LogP contribution in [0.25, 0.3) is 11.3 Å². The fraction of sp³-hybridized carbons (Fsp3) is 0.286. The molecule has 1 aliphatic rings. The highest BCUT2D eigenvalue weighted by Gasteiger charge is 2.24. The van der Waals surface area contributed by atoms with Gasteiger partial charge >= 0.3 is 0 Å². The number of hydrogen-bond acceptors (Lipinski definition) is 5. The number of aryl methyl sites for hydroxylation is 2. The largest absolute Gasteiger partial charge is 0.368 e. The smallest absolute Gasteiger partial charge is 0.132 e. The summed E-state index contributed by atoms with van der Waals surface area (Å²) in [6, 6.07) is 14.2. The number of hydrogen-bond donors (Lipinski definition) is 0. The van der Waals surface area contributed by atoms with Crippen molar-refractivity contribution in [1.29, 1.82) is 0 Å². The van der Waals surface area contributed by atoms with E-state index < -0.39 is 0 Å². The van der Waals surface area contributed by atoms with Crippen LogP contribution < -0.4 is 4.90 Å². The topological polar surface area (TPSA) is 51.1 Å². The Kier molecular flexibility index (Phi) is 4.81. The first kappa shape index (κ1) is 17.5. The van der Waals surface area contributed by atoms with Crippen molar-refractivity contribution >= 4 is 5.82 Å². The van der Waals surface area contributed by atoms with Crippen LogP contribution in [0.15, 0.2) is 48.5 Å². The molecule has 0 spiro atoms. The molecular weight excluding hydrogens is 343 g/mol. The third-order valence-electron chi connectivity index (χ3n) is 4.56. The van der Waals surface area contributed by atoms with Crippen LogP contribution in [0.2, 0.25) is 0 Å². The van der Waals surface area contributed by atoms with Gasteiger partial charge in [0.05, 0.1) is 24.5 Å². The molecule has 0 amide bonds. The van der Waals surface area contributed by atoms with Crippen molar-refractivity contribution in [2.45, 2.75) is 20.0 Å². The number of pyridine rings is 1. The van der Waals surface area contributed by atoms with E-state index in [1.54, 1.807) is 6.07 Å². The highest BCUT2D eigenvalue weighted by atomic mass is 19.1. The number of halogens is 1. The summed E-state index contributed by atoms with van der Waals surface area (Å²) in [6.45, 7) is 5.91. The van der Waals surface area contributed by atoms with Crippen LogP contribution in [0.3, 0.4) is 0 Å². The van der Waals surface area contributed by atoms with Crippen molar-refractivity contribution in [2.24, 2.45) is 0 Å². The Morgan fingerprint density at radius 3 is 2.70 bits per heavy atom. The van der Waals surface area contributed by atoms with Crippen LogP contribution in [0.1, 0.15) is 23.3 Å². The predicted octanol–water partition coefficient (Wildman–Crippen LogP) is 3.87. The van der Waals surface area contributed by atoms with E-state index in [2.05, 4.69) is 14.9 Å². The molecule has 0 saturated carbocycles. The van der Waals surface area contributed by atoms with Crippen LogP contribution in [0.4, 0.5) is 10.2 Å². The predicted molar refractivity (Wildman–Crippen MR) is 102 cm³/mol. The van der Waals surface area contributed by atoms with Gasteiger partial charge < -0.3 is 9.64 Å². The zero-order chi connectivity index (χ0) is 18.8. The van der Waals surface area contributed by atoms with Crippen LogP contribution in [-0.2, 0) is 4.74 Å². The third kappa shape index (κ3) is 3.95. The second-order valence-corrected chi connectivity index (χ2v) is 6.68. The van der Waals surface area contributed by atoms with E-state index >= 15 is 0 Å². The van der Waals surface area contributed by atoms with E-state index in [1.807, 2.05) is 44.2 Å². The lowest BCUT2D eigenvalue weighted by atomic mass is 10.1. The number of aromatic nitrogens is 3. The minimum absolute atomic E-state index is 0.164. The molecule has 4 rings (SSSR count). The van der Waals surface area contributed by atoms with Gasteiger partial charge in [-0.3, -0.25) is 0 Å². The molecule has 1 unspecified atom stereocenters. The number of benzene rings is 1. The first-order valence-corrected chi connectivity index (χ1v) is 9.00. The molecule has 1 fully saturated rings. The molecule has 1 saturated heterocycles. The summed E-state index contributed by atoms with van der Waals surface area (Å²) < 4.78 is 19.5. The summed E-state index contributed by atoms with van der Waals surface area (Å²) in [6.07, 6.45) is -0.164. The molecule has 1 aromatic carbocycles. The average molecular weight is 364 g/mol. The Bertz CT molecular complexity index is 942. The van der Waals surface area contributed by atoms with Gasteiger partial charge in [-0.1, -0.05) is 18.2 Å². The minimum Gasteiger partial charge on any atom is -0.368 e. The lowest BCUT2D eigenvalue weighted by Crippen LogP contribution is -2.39. The minimum atomic E-state index is -0.269. The fourth-order valence-corrected chi connectivity index (χ4v) is 3.34. The van der Waals surface area contributed by atoms with Gasteiger partial charge in [0.15, 0.2) is 0 Å². The highest BCUT2D eigenvalue weighted by Crippen LogP contribution is 2.26. The highest BCUT2D eigenvalue weighted by molar-refractivity contribution is 5.59. The van der Waals surface area contributed by atoms with Gasteiger partial charge in [-0.05, 0) is 38.1 Å². The molecule has 0 aliphatic carbocycles. The van der Waals surface area contributed by atoms with E-state index in [-0.39, 0.29) is 11.9 Å². The van der Waals surface area contributed by atoms with E-state index in [9.17, 15) is 4.39 Å². The molecule has 3 aromatic rings. The van der Waals surface area contributed by atoms with Crippen molar-refractivity contribution in [3.8, 4) is 11.3 Å². The quantitative estimate of drug-likeness (QED) is 0.706. The zero-order valence-electron chi connectivity index (χ0n) is 15.4. The summed E-state index contributed by atoms with van der Waals surface area (Å²) in [5.41, 5.74) is 3.28. The molecule has 5 nitrogen and oxygen atoms in total.